The highest BCUT2D eigenvalue weighted by molar-refractivity contribution is 7.92. The number of rotatable bonds is 9. The fourth-order valence-corrected chi connectivity index (χ4v) is 4.96. The van der Waals surface area contributed by atoms with Crippen molar-refractivity contribution >= 4 is 41.2 Å². The van der Waals surface area contributed by atoms with Crippen LogP contribution in [-0.2, 0) is 25.5 Å². The zero-order chi connectivity index (χ0) is 29.0. The Morgan fingerprint density at radius 3 is 2.13 bits per heavy atom. The van der Waals surface area contributed by atoms with E-state index in [1.165, 1.54) is 49.4 Å². The van der Waals surface area contributed by atoms with Crippen LogP contribution < -0.4 is 20.9 Å². The van der Waals surface area contributed by atoms with Gasteiger partial charge in [-0.25, -0.2) is 17.2 Å². The minimum absolute atomic E-state index is 0.0104. The molecular weight excluding hydrogens is 557 g/mol. The van der Waals surface area contributed by atoms with E-state index in [4.69, 9.17) is 26.0 Å². The molecule has 0 aliphatic heterocycles. The van der Waals surface area contributed by atoms with Crippen LogP contribution in [0.4, 0.5) is 14.5 Å². The van der Waals surface area contributed by atoms with Gasteiger partial charge in [-0.2, -0.15) is 4.99 Å². The highest BCUT2D eigenvalue weighted by atomic mass is 32.2. The minimum Gasteiger partial charge on any atom is -0.451 e. The molecule has 0 fully saturated rings. The number of sulfonamides is 1. The maximum atomic E-state index is 14.6. The number of benzene rings is 3. The molecule has 0 aromatic heterocycles. The van der Waals surface area contributed by atoms with Gasteiger partial charge in [0.05, 0.1) is 11.1 Å². The average Bonchev–Trinajstić information content (AvgIpc) is 2.81. The first-order valence-electron chi connectivity index (χ1n) is 10.9. The van der Waals surface area contributed by atoms with E-state index in [1.54, 1.807) is 0 Å². The molecule has 11 nitrogen and oxygen atoms in total. The van der Waals surface area contributed by atoms with E-state index in [1.807, 2.05) is 0 Å². The molecule has 0 atom stereocenters. The first kappa shape index (κ1) is 29.5. The third-order valence-corrected chi connectivity index (χ3v) is 7.09. The van der Waals surface area contributed by atoms with Gasteiger partial charge in [0.1, 0.15) is 5.75 Å². The summed E-state index contributed by atoms with van der Waals surface area (Å²) in [6, 6.07) is 12.0. The van der Waals surface area contributed by atoms with E-state index in [9.17, 15) is 26.6 Å². The molecule has 0 spiro atoms. The number of nitrogens with two attached hydrogens (primary N) is 2. The van der Waals surface area contributed by atoms with Crippen LogP contribution in [-0.4, -0.2) is 30.1 Å². The predicted molar refractivity (Wildman–Crippen MR) is 140 cm³/mol. The molecule has 15 heteroatoms. The second-order valence-electron chi connectivity index (χ2n) is 8.18. The molecule has 206 valence electrons. The summed E-state index contributed by atoms with van der Waals surface area (Å²) < 4.78 is 73.2. The Labute approximate surface area is 222 Å². The van der Waals surface area contributed by atoms with Crippen LogP contribution in [0.15, 0.2) is 76.1 Å². The van der Waals surface area contributed by atoms with Crippen molar-refractivity contribution in [1.29, 1.82) is 0 Å². The Morgan fingerprint density at radius 1 is 1.05 bits per heavy atom. The van der Waals surface area contributed by atoms with Crippen molar-refractivity contribution in [2.24, 2.45) is 16.5 Å². The fourth-order valence-electron chi connectivity index (χ4n) is 3.21. The van der Waals surface area contributed by atoms with Gasteiger partial charge in [0.15, 0.2) is 23.3 Å². The second-order valence-corrected chi connectivity index (χ2v) is 11.5. The van der Waals surface area contributed by atoms with Gasteiger partial charge in [-0.15, -0.1) is 0 Å². The lowest BCUT2D eigenvalue weighted by molar-refractivity contribution is -0.114. The highest BCUT2D eigenvalue weighted by Gasteiger charge is 2.18. The average molecular weight is 581 g/mol. The quantitative estimate of drug-likeness (QED) is 0.109. The van der Waals surface area contributed by atoms with E-state index in [2.05, 4.69) is 9.71 Å². The Hall–Kier alpha value is -4.10. The van der Waals surface area contributed by atoms with Crippen LogP contribution in [0, 0.1) is 11.6 Å². The zero-order valence-corrected chi connectivity index (χ0v) is 21.9. The lowest BCUT2D eigenvalue weighted by atomic mass is 10.1. The van der Waals surface area contributed by atoms with Crippen molar-refractivity contribution in [3.63, 3.8) is 0 Å². The van der Waals surface area contributed by atoms with Gasteiger partial charge in [-0.1, -0.05) is 12.1 Å². The van der Waals surface area contributed by atoms with Crippen molar-refractivity contribution in [1.82, 2.24) is 0 Å². The molecule has 0 unspecified atom stereocenters. The van der Waals surface area contributed by atoms with Crippen LogP contribution in [0.1, 0.15) is 18.1 Å². The Kier molecular flexibility index (Phi) is 8.87. The molecule has 0 saturated heterocycles. The van der Waals surface area contributed by atoms with Crippen molar-refractivity contribution in [3.05, 3.63) is 89.0 Å². The lowest BCUT2D eigenvalue weighted by Gasteiger charge is -2.11. The number of anilines is 1. The smallest absolute Gasteiger partial charge is 0.329 e. The van der Waals surface area contributed by atoms with Crippen LogP contribution in [0.25, 0.3) is 6.08 Å². The number of hydrogen-bond acceptors (Lipinski definition) is 5. The number of ether oxygens (including phenoxy) is 1. The molecule has 0 aliphatic rings. The van der Waals surface area contributed by atoms with Gasteiger partial charge in [-0.05, 0) is 72.7 Å². The zero-order valence-electron chi connectivity index (χ0n) is 20.2. The summed E-state index contributed by atoms with van der Waals surface area (Å²) in [5.74, 6) is -4.20. The van der Waals surface area contributed by atoms with Crippen LogP contribution in [0.2, 0.25) is 0 Å². The summed E-state index contributed by atoms with van der Waals surface area (Å²) in [5, 5.41) is 0. The van der Waals surface area contributed by atoms with Crippen molar-refractivity contribution in [2.75, 3.05) is 4.72 Å². The van der Waals surface area contributed by atoms with E-state index in [0.29, 0.717) is 5.56 Å². The van der Waals surface area contributed by atoms with Crippen molar-refractivity contribution in [3.8, 4) is 11.5 Å². The molecule has 7 N–H and O–H groups in total. The number of carbonyl (C=O) groups is 1. The number of halogens is 2. The molecule has 0 saturated carbocycles. The Bertz CT molecular complexity index is 1580. The normalized spacial score (nSPS) is 12.1. The number of nitrogens with zero attached hydrogens (tertiary/aromatic N) is 1. The summed E-state index contributed by atoms with van der Waals surface area (Å²) >= 11 is 0. The van der Waals surface area contributed by atoms with E-state index in [0.717, 1.165) is 24.3 Å². The number of amides is 1. The number of hydrogen-bond donors (Lipinski definition) is 5. The van der Waals surface area contributed by atoms with Crippen molar-refractivity contribution < 1.29 is 41.1 Å². The molecule has 3 aromatic carbocycles. The molecule has 0 heterocycles. The van der Waals surface area contributed by atoms with E-state index >= 15 is 0 Å². The third kappa shape index (κ3) is 8.45. The molecule has 1 amide bonds. The number of guanidine groups is 1. The topological polar surface area (TPSA) is 194 Å². The fraction of sp³-hybridized carbons (Fsp3) is 0.0833. The van der Waals surface area contributed by atoms with Gasteiger partial charge in [0, 0.05) is 11.3 Å². The SMILES string of the molecule is CC(=Cc1cc(F)c(Oc2ccc(S(=O)(=O)Nc3ccc(CP(=O)(O)O)cc3)cc2)c(F)c1)C(=O)N=C(N)N. The van der Waals surface area contributed by atoms with Gasteiger partial charge >= 0.3 is 7.60 Å². The number of carbonyl (C=O) groups excluding carboxylic acids is 1. The second kappa shape index (κ2) is 11.7. The van der Waals surface area contributed by atoms with Gasteiger partial charge in [0.2, 0.25) is 0 Å². The molecular formula is C24H23F2N4O7PS. The third-order valence-electron chi connectivity index (χ3n) is 4.92. The summed E-state index contributed by atoms with van der Waals surface area (Å²) in [7, 11) is -8.33. The minimum atomic E-state index is -4.27. The lowest BCUT2D eigenvalue weighted by Crippen LogP contribution is -2.24. The van der Waals surface area contributed by atoms with E-state index < -0.39 is 53.0 Å². The highest BCUT2D eigenvalue weighted by Crippen LogP contribution is 2.39. The largest absolute Gasteiger partial charge is 0.451 e. The summed E-state index contributed by atoms with van der Waals surface area (Å²) in [6.07, 6.45) is 0.698. The number of aliphatic imine (C=N–C) groups is 1. The Morgan fingerprint density at radius 2 is 1.62 bits per heavy atom. The standard InChI is InChI=1S/C24H23F2N4O7PS/c1-14(23(31)29-24(27)28)10-16-11-20(25)22(21(26)12-16)37-18-6-8-19(9-7-18)39(35,36)30-17-4-2-15(3-5-17)13-38(32,33)34/h2-12,30H,13H2,1H3,(H2,32,33,34)(H4,27,28,29,31). The van der Waals surface area contributed by atoms with Crippen molar-refractivity contribution in [2.45, 2.75) is 18.0 Å². The Balaban J connectivity index is 1.73. The monoisotopic (exact) mass is 580 g/mol. The maximum absolute atomic E-state index is 14.6. The molecule has 3 aromatic rings. The van der Waals surface area contributed by atoms with E-state index in [-0.39, 0.29) is 27.5 Å². The van der Waals surface area contributed by atoms with Crippen LogP contribution in [0.3, 0.4) is 0 Å². The number of nitrogens with one attached hydrogen (secondary N) is 1. The molecule has 0 radical (unpaired) electrons. The van der Waals surface area contributed by atoms with Crippen LogP contribution >= 0.6 is 7.60 Å². The van der Waals surface area contributed by atoms with Gasteiger partial charge in [0.25, 0.3) is 15.9 Å². The first-order valence-corrected chi connectivity index (χ1v) is 14.2. The van der Waals surface area contributed by atoms with Gasteiger partial charge in [-0.3, -0.25) is 14.1 Å². The first-order chi connectivity index (χ1) is 18.1. The molecule has 39 heavy (non-hydrogen) atoms. The predicted octanol–water partition coefficient (Wildman–Crippen LogP) is 3.44. The summed E-state index contributed by atoms with van der Waals surface area (Å²) in [6.45, 7) is 1.36. The molecule has 0 aliphatic carbocycles. The van der Waals surface area contributed by atoms with Crippen LogP contribution in [0.5, 0.6) is 11.5 Å². The summed E-state index contributed by atoms with van der Waals surface area (Å²) in [5.41, 5.74) is 10.8. The summed E-state index contributed by atoms with van der Waals surface area (Å²) in [4.78, 5) is 33.0. The van der Waals surface area contributed by atoms with Gasteiger partial charge < -0.3 is 26.0 Å². The molecule has 0 bridgehead atoms. The molecule has 3 rings (SSSR count). The maximum Gasteiger partial charge on any atom is 0.329 e.